The van der Waals surface area contributed by atoms with E-state index in [0.29, 0.717) is 10.7 Å². The molecule has 1 aromatic heterocycles. The summed E-state index contributed by atoms with van der Waals surface area (Å²) in [4.78, 5) is 25.8. The van der Waals surface area contributed by atoms with Crippen molar-refractivity contribution in [3.63, 3.8) is 0 Å². The molecule has 0 saturated carbocycles. The first-order valence-electron chi connectivity index (χ1n) is 5.77. The lowest BCUT2D eigenvalue weighted by Crippen LogP contribution is -2.07. The molecular weight excluding hydrogens is 298 g/mol. The normalized spacial score (nSPS) is 10.0. The van der Waals surface area contributed by atoms with Gasteiger partial charge in [-0.2, -0.15) is 0 Å². The van der Waals surface area contributed by atoms with Gasteiger partial charge in [-0.25, -0.2) is 9.78 Å². The number of carbonyl (C=O) groups excluding carboxylic acids is 1. The molecule has 21 heavy (non-hydrogen) atoms. The van der Waals surface area contributed by atoms with Crippen LogP contribution in [0.1, 0.15) is 10.5 Å². The molecule has 108 valence electrons. The number of nitrogens with one attached hydrogen (secondary N) is 1. The quantitative estimate of drug-likeness (QED) is 0.529. The van der Waals surface area contributed by atoms with E-state index in [1.165, 1.54) is 19.2 Å². The molecule has 1 aromatic carbocycles. The summed E-state index contributed by atoms with van der Waals surface area (Å²) in [5.74, 6) is -0.728. The molecule has 2 aromatic rings. The number of aromatic nitrogens is 1. The van der Waals surface area contributed by atoms with Gasteiger partial charge in [0, 0.05) is 16.8 Å². The van der Waals surface area contributed by atoms with Crippen molar-refractivity contribution in [3.05, 3.63) is 57.2 Å². The lowest BCUT2D eigenvalue weighted by atomic mass is 10.3. The standard InChI is InChI=1S/C13H10ClN3O4/c1-21-13(18)10-6-7-11(17(19)20)12(16-10)15-9-4-2-8(14)3-5-9/h2-7H,1H3,(H,15,16). The predicted octanol–water partition coefficient (Wildman–Crippen LogP) is 3.17. The number of hydrogen-bond acceptors (Lipinski definition) is 6. The Morgan fingerprint density at radius 3 is 2.52 bits per heavy atom. The monoisotopic (exact) mass is 307 g/mol. The van der Waals surface area contributed by atoms with Crippen molar-refractivity contribution in [3.8, 4) is 0 Å². The minimum Gasteiger partial charge on any atom is -0.464 e. The second kappa shape index (κ2) is 6.19. The van der Waals surface area contributed by atoms with E-state index in [1.807, 2.05) is 0 Å². The fourth-order valence-electron chi connectivity index (χ4n) is 1.58. The Hall–Kier alpha value is -2.67. The molecule has 8 heteroatoms. The Morgan fingerprint density at radius 2 is 1.95 bits per heavy atom. The van der Waals surface area contributed by atoms with E-state index in [0.717, 1.165) is 0 Å². The highest BCUT2D eigenvalue weighted by Crippen LogP contribution is 2.26. The van der Waals surface area contributed by atoms with Gasteiger partial charge in [-0.1, -0.05) is 11.6 Å². The lowest BCUT2D eigenvalue weighted by molar-refractivity contribution is -0.384. The Bertz CT molecular complexity index is 688. The van der Waals surface area contributed by atoms with Gasteiger partial charge in [0.1, 0.15) is 0 Å². The van der Waals surface area contributed by atoms with E-state index in [1.54, 1.807) is 24.3 Å². The zero-order valence-corrected chi connectivity index (χ0v) is 11.6. The average Bonchev–Trinajstić information content (AvgIpc) is 2.48. The number of methoxy groups -OCH3 is 1. The fourth-order valence-corrected chi connectivity index (χ4v) is 1.71. The number of pyridine rings is 1. The molecule has 0 aliphatic rings. The molecule has 1 heterocycles. The van der Waals surface area contributed by atoms with Gasteiger partial charge in [-0.3, -0.25) is 10.1 Å². The van der Waals surface area contributed by atoms with Gasteiger partial charge < -0.3 is 10.1 Å². The van der Waals surface area contributed by atoms with Crippen LogP contribution >= 0.6 is 11.6 Å². The first kappa shape index (κ1) is 14.7. The van der Waals surface area contributed by atoms with Crippen LogP contribution in [0.15, 0.2) is 36.4 Å². The van der Waals surface area contributed by atoms with Crippen molar-refractivity contribution in [2.24, 2.45) is 0 Å². The summed E-state index contributed by atoms with van der Waals surface area (Å²) in [5.41, 5.74) is 0.272. The number of hydrogen-bond donors (Lipinski definition) is 1. The first-order chi connectivity index (χ1) is 10.0. The molecule has 0 unspecified atom stereocenters. The van der Waals surface area contributed by atoms with Gasteiger partial charge in [0.15, 0.2) is 5.69 Å². The van der Waals surface area contributed by atoms with Gasteiger partial charge >= 0.3 is 11.7 Å². The number of halogens is 1. The van der Waals surface area contributed by atoms with E-state index in [2.05, 4.69) is 15.0 Å². The van der Waals surface area contributed by atoms with Crippen molar-refractivity contribution in [2.75, 3.05) is 12.4 Å². The SMILES string of the molecule is COC(=O)c1ccc([N+](=O)[O-])c(Nc2ccc(Cl)cc2)n1. The van der Waals surface area contributed by atoms with Crippen LogP contribution in [0.3, 0.4) is 0 Å². The smallest absolute Gasteiger partial charge is 0.356 e. The molecular formula is C13H10ClN3O4. The minimum absolute atomic E-state index is 0.0282. The molecule has 0 fully saturated rings. The Kier molecular flexibility index (Phi) is 4.34. The Morgan fingerprint density at radius 1 is 1.29 bits per heavy atom. The third-order valence-corrected chi connectivity index (χ3v) is 2.82. The fraction of sp³-hybridized carbons (Fsp3) is 0.0769. The van der Waals surface area contributed by atoms with Crippen molar-refractivity contribution in [2.45, 2.75) is 0 Å². The van der Waals surface area contributed by atoms with Crippen LogP contribution in [0.25, 0.3) is 0 Å². The summed E-state index contributed by atoms with van der Waals surface area (Å²) in [6.07, 6.45) is 0. The third-order valence-electron chi connectivity index (χ3n) is 2.57. The highest BCUT2D eigenvalue weighted by molar-refractivity contribution is 6.30. The van der Waals surface area contributed by atoms with Crippen molar-refractivity contribution in [1.29, 1.82) is 0 Å². The van der Waals surface area contributed by atoms with E-state index in [9.17, 15) is 14.9 Å². The second-order valence-electron chi connectivity index (χ2n) is 3.94. The van der Waals surface area contributed by atoms with E-state index in [-0.39, 0.29) is 17.2 Å². The van der Waals surface area contributed by atoms with Crippen LogP contribution in [0.5, 0.6) is 0 Å². The predicted molar refractivity (Wildman–Crippen MR) is 77.0 cm³/mol. The Balaban J connectivity index is 2.40. The van der Waals surface area contributed by atoms with Crippen LogP contribution in [-0.2, 0) is 4.74 Å². The van der Waals surface area contributed by atoms with Crippen molar-refractivity contribution in [1.82, 2.24) is 4.98 Å². The summed E-state index contributed by atoms with van der Waals surface area (Å²) >= 11 is 5.77. The van der Waals surface area contributed by atoms with Crippen molar-refractivity contribution >= 4 is 34.8 Å². The number of nitro groups is 1. The van der Waals surface area contributed by atoms with Gasteiger partial charge in [-0.05, 0) is 30.3 Å². The molecule has 0 spiro atoms. The van der Waals surface area contributed by atoms with Gasteiger partial charge in [0.25, 0.3) is 0 Å². The molecule has 0 amide bonds. The maximum Gasteiger partial charge on any atom is 0.356 e. The van der Waals surface area contributed by atoms with Gasteiger partial charge in [-0.15, -0.1) is 0 Å². The van der Waals surface area contributed by atoms with E-state index in [4.69, 9.17) is 11.6 Å². The average molecular weight is 308 g/mol. The van der Waals surface area contributed by atoms with Crippen LogP contribution in [0.2, 0.25) is 5.02 Å². The molecule has 0 aliphatic carbocycles. The summed E-state index contributed by atoms with van der Waals surface area (Å²) in [7, 11) is 1.21. The minimum atomic E-state index is -0.677. The zero-order chi connectivity index (χ0) is 15.4. The third kappa shape index (κ3) is 3.46. The molecule has 0 atom stereocenters. The summed E-state index contributed by atoms with van der Waals surface area (Å²) in [5, 5.41) is 14.3. The molecule has 0 saturated heterocycles. The molecule has 0 bridgehead atoms. The van der Waals surface area contributed by atoms with Crippen molar-refractivity contribution < 1.29 is 14.5 Å². The molecule has 1 N–H and O–H groups in total. The topological polar surface area (TPSA) is 94.4 Å². The lowest BCUT2D eigenvalue weighted by Gasteiger charge is -2.07. The first-order valence-corrected chi connectivity index (χ1v) is 6.15. The van der Waals surface area contributed by atoms with Crippen LogP contribution < -0.4 is 5.32 Å². The van der Waals surface area contributed by atoms with Crippen LogP contribution in [-0.4, -0.2) is 23.0 Å². The number of nitrogens with zero attached hydrogens (tertiary/aromatic N) is 2. The number of rotatable bonds is 4. The maximum absolute atomic E-state index is 11.4. The highest BCUT2D eigenvalue weighted by atomic mass is 35.5. The summed E-state index contributed by atoms with van der Waals surface area (Å²) < 4.78 is 4.54. The number of esters is 1. The second-order valence-corrected chi connectivity index (χ2v) is 4.38. The van der Waals surface area contributed by atoms with Crippen LogP contribution in [0, 0.1) is 10.1 Å². The maximum atomic E-state index is 11.4. The molecule has 0 radical (unpaired) electrons. The number of benzene rings is 1. The Labute approximate surface area is 124 Å². The largest absolute Gasteiger partial charge is 0.464 e. The summed E-state index contributed by atoms with van der Waals surface area (Å²) in [6.45, 7) is 0. The molecule has 2 rings (SSSR count). The van der Waals surface area contributed by atoms with Gasteiger partial charge in [0.05, 0.1) is 12.0 Å². The van der Waals surface area contributed by atoms with E-state index >= 15 is 0 Å². The highest BCUT2D eigenvalue weighted by Gasteiger charge is 2.19. The van der Waals surface area contributed by atoms with Gasteiger partial charge in [0.2, 0.25) is 5.82 Å². The number of carbonyl (C=O) groups is 1. The zero-order valence-electron chi connectivity index (χ0n) is 10.9. The molecule has 0 aliphatic heterocycles. The summed E-state index contributed by atoms with van der Waals surface area (Å²) in [6, 6.07) is 8.95. The van der Waals surface area contributed by atoms with E-state index < -0.39 is 10.9 Å². The number of ether oxygens (including phenoxy) is 1. The van der Waals surface area contributed by atoms with Crippen LogP contribution in [0.4, 0.5) is 17.2 Å². The number of anilines is 2. The molecule has 7 nitrogen and oxygen atoms in total.